The molecule has 2 rings (SSSR count). The molecular weight excluding hydrogens is 330 g/mol. The van der Waals surface area contributed by atoms with E-state index in [1.54, 1.807) is 5.38 Å². The third-order valence-electron chi connectivity index (χ3n) is 2.31. The number of aromatic nitrogens is 2. The predicted octanol–water partition coefficient (Wildman–Crippen LogP) is 2.50. The van der Waals surface area contributed by atoms with Crippen molar-refractivity contribution in [3.05, 3.63) is 39.8 Å². The molecule has 0 aliphatic heterocycles. The summed E-state index contributed by atoms with van der Waals surface area (Å²) in [5.41, 5.74) is 0.332. The Kier molecular flexibility index (Phi) is 4.86. The highest BCUT2D eigenvalue weighted by molar-refractivity contribution is 9.10. The van der Waals surface area contributed by atoms with Crippen molar-refractivity contribution in [2.75, 3.05) is 6.54 Å². The van der Waals surface area contributed by atoms with Gasteiger partial charge in [0.2, 0.25) is 0 Å². The number of nitrogens with one attached hydrogen (secondary N) is 1. The van der Waals surface area contributed by atoms with Gasteiger partial charge in [-0.1, -0.05) is 16.6 Å². The fourth-order valence-electron chi connectivity index (χ4n) is 1.39. The third-order valence-corrected chi connectivity index (χ3v) is 3.47. The number of para-hydroxylation sites is 1. The maximum atomic E-state index is 11.7. The molecule has 0 aliphatic carbocycles. The summed E-state index contributed by atoms with van der Waals surface area (Å²) in [6.07, 6.45) is -0.144. The van der Waals surface area contributed by atoms with Crippen LogP contribution in [0.15, 0.2) is 34.1 Å². The number of benzene rings is 1. The number of hydrogen-bond donors (Lipinski definition) is 1. The van der Waals surface area contributed by atoms with Crippen molar-refractivity contribution >= 4 is 33.4 Å². The smallest absolute Gasteiger partial charge is 0.272 e. The van der Waals surface area contributed by atoms with Crippen LogP contribution in [0.5, 0.6) is 5.75 Å². The van der Waals surface area contributed by atoms with E-state index in [1.165, 1.54) is 0 Å². The zero-order valence-corrected chi connectivity index (χ0v) is 12.6. The molecule has 1 atom stereocenters. The molecule has 0 spiro atoms. The van der Waals surface area contributed by atoms with Crippen molar-refractivity contribution < 1.29 is 9.53 Å². The van der Waals surface area contributed by atoms with Crippen molar-refractivity contribution in [1.82, 2.24) is 14.9 Å². The highest BCUT2D eigenvalue weighted by Crippen LogP contribution is 2.24. The van der Waals surface area contributed by atoms with Crippen LogP contribution in [0.2, 0.25) is 0 Å². The predicted molar refractivity (Wildman–Crippen MR) is 76.5 cm³/mol. The van der Waals surface area contributed by atoms with E-state index in [0.29, 0.717) is 12.2 Å². The van der Waals surface area contributed by atoms with Gasteiger partial charge in [-0.25, -0.2) is 0 Å². The summed E-state index contributed by atoms with van der Waals surface area (Å²) in [4.78, 5) is 11.7. The van der Waals surface area contributed by atoms with Crippen LogP contribution < -0.4 is 10.1 Å². The first-order valence-corrected chi connectivity index (χ1v) is 7.26. The lowest BCUT2D eigenvalue weighted by molar-refractivity contribution is 0.0927. The average molecular weight is 342 g/mol. The Balaban J connectivity index is 1.84. The van der Waals surface area contributed by atoms with Gasteiger partial charge in [0.1, 0.15) is 11.9 Å². The van der Waals surface area contributed by atoms with Gasteiger partial charge < -0.3 is 10.1 Å². The molecule has 0 aliphatic rings. The molecule has 1 unspecified atom stereocenters. The number of halogens is 1. The molecule has 1 heterocycles. The molecule has 1 amide bonds. The van der Waals surface area contributed by atoms with Crippen LogP contribution in [0.3, 0.4) is 0 Å². The van der Waals surface area contributed by atoms with Crippen LogP contribution in [0.1, 0.15) is 17.4 Å². The molecule has 0 fully saturated rings. The van der Waals surface area contributed by atoms with E-state index in [-0.39, 0.29) is 12.0 Å². The second-order valence-electron chi connectivity index (χ2n) is 3.86. The molecule has 1 aromatic carbocycles. The fourth-order valence-corrected chi connectivity index (χ4v) is 2.20. The number of hydrogen-bond acceptors (Lipinski definition) is 5. The molecule has 7 heteroatoms. The zero-order valence-electron chi connectivity index (χ0n) is 10.2. The lowest BCUT2D eigenvalue weighted by Gasteiger charge is -2.16. The molecule has 0 bridgehead atoms. The van der Waals surface area contributed by atoms with Gasteiger partial charge >= 0.3 is 0 Å². The summed E-state index contributed by atoms with van der Waals surface area (Å²) in [6, 6.07) is 7.58. The topological polar surface area (TPSA) is 64.1 Å². The Morgan fingerprint density at radius 3 is 3.00 bits per heavy atom. The lowest BCUT2D eigenvalue weighted by Crippen LogP contribution is -2.33. The number of rotatable bonds is 5. The largest absolute Gasteiger partial charge is 0.488 e. The summed E-state index contributed by atoms with van der Waals surface area (Å²) < 4.78 is 10.2. The Hall–Kier alpha value is -1.47. The molecule has 1 N–H and O–H groups in total. The number of carbonyl (C=O) groups is 1. The van der Waals surface area contributed by atoms with Crippen molar-refractivity contribution in [3.63, 3.8) is 0 Å². The minimum absolute atomic E-state index is 0.144. The first-order valence-electron chi connectivity index (χ1n) is 5.63. The first-order chi connectivity index (χ1) is 9.16. The van der Waals surface area contributed by atoms with E-state index in [9.17, 15) is 4.79 Å². The number of nitrogens with zero attached hydrogens (tertiary/aromatic N) is 2. The van der Waals surface area contributed by atoms with E-state index in [1.807, 2.05) is 31.2 Å². The minimum atomic E-state index is -0.240. The number of amides is 1. The van der Waals surface area contributed by atoms with E-state index in [4.69, 9.17) is 4.74 Å². The third kappa shape index (κ3) is 4.00. The number of carbonyl (C=O) groups excluding carboxylic acids is 1. The van der Waals surface area contributed by atoms with E-state index in [0.717, 1.165) is 21.8 Å². The average Bonchev–Trinajstić information content (AvgIpc) is 2.93. The minimum Gasteiger partial charge on any atom is -0.488 e. The molecule has 1 aromatic heterocycles. The Labute approximate surface area is 123 Å². The molecule has 0 radical (unpaired) electrons. The van der Waals surface area contributed by atoms with Crippen LogP contribution in [-0.4, -0.2) is 28.1 Å². The lowest BCUT2D eigenvalue weighted by atomic mass is 10.3. The highest BCUT2D eigenvalue weighted by Gasteiger charge is 2.11. The van der Waals surface area contributed by atoms with Gasteiger partial charge in [0.15, 0.2) is 5.69 Å². The van der Waals surface area contributed by atoms with Crippen LogP contribution in [0, 0.1) is 0 Å². The monoisotopic (exact) mass is 341 g/mol. The molecule has 5 nitrogen and oxygen atoms in total. The van der Waals surface area contributed by atoms with Gasteiger partial charge in [-0.05, 0) is 46.5 Å². The SMILES string of the molecule is CC(CNC(=O)c1csnn1)Oc1ccccc1Br. The highest BCUT2D eigenvalue weighted by atomic mass is 79.9. The quantitative estimate of drug-likeness (QED) is 0.907. The van der Waals surface area contributed by atoms with Crippen molar-refractivity contribution in [3.8, 4) is 5.75 Å². The van der Waals surface area contributed by atoms with E-state index < -0.39 is 0 Å². The normalized spacial score (nSPS) is 11.9. The summed E-state index contributed by atoms with van der Waals surface area (Å²) in [7, 11) is 0. The van der Waals surface area contributed by atoms with E-state index >= 15 is 0 Å². The van der Waals surface area contributed by atoms with Crippen LogP contribution in [-0.2, 0) is 0 Å². The molecule has 100 valence electrons. The van der Waals surface area contributed by atoms with E-state index in [2.05, 4.69) is 30.8 Å². The standard InChI is InChI=1S/C12H12BrN3O2S/c1-8(18-11-5-3-2-4-9(11)13)6-14-12(17)10-7-19-16-15-10/h2-5,7-8H,6H2,1H3,(H,14,17). The van der Waals surface area contributed by atoms with Gasteiger partial charge in [0.05, 0.1) is 11.0 Å². The van der Waals surface area contributed by atoms with Crippen molar-refractivity contribution in [2.45, 2.75) is 13.0 Å². The fraction of sp³-hybridized carbons (Fsp3) is 0.250. The molecular formula is C12H12BrN3O2S. The molecule has 19 heavy (non-hydrogen) atoms. The zero-order chi connectivity index (χ0) is 13.7. The second kappa shape index (κ2) is 6.63. The van der Waals surface area contributed by atoms with Gasteiger partial charge in [-0.3, -0.25) is 4.79 Å². The Morgan fingerprint density at radius 1 is 1.53 bits per heavy atom. The van der Waals surface area contributed by atoms with Crippen LogP contribution in [0.25, 0.3) is 0 Å². The Morgan fingerprint density at radius 2 is 2.32 bits per heavy atom. The van der Waals surface area contributed by atoms with Crippen LogP contribution in [0.4, 0.5) is 0 Å². The summed E-state index contributed by atoms with van der Waals surface area (Å²) in [6.45, 7) is 2.29. The maximum absolute atomic E-state index is 11.7. The van der Waals surface area contributed by atoms with Crippen LogP contribution >= 0.6 is 27.5 Å². The first kappa shape index (κ1) is 14.0. The second-order valence-corrected chi connectivity index (χ2v) is 5.32. The van der Waals surface area contributed by atoms with Gasteiger partial charge in [0.25, 0.3) is 5.91 Å². The molecule has 2 aromatic rings. The van der Waals surface area contributed by atoms with Crippen molar-refractivity contribution in [2.24, 2.45) is 0 Å². The number of ether oxygens (including phenoxy) is 1. The Bertz CT molecular complexity index is 548. The molecule has 0 saturated heterocycles. The van der Waals surface area contributed by atoms with Crippen molar-refractivity contribution in [1.29, 1.82) is 0 Å². The van der Waals surface area contributed by atoms with Gasteiger partial charge in [-0.15, -0.1) is 5.10 Å². The van der Waals surface area contributed by atoms with Gasteiger partial charge in [0, 0.05) is 5.38 Å². The summed E-state index contributed by atoms with van der Waals surface area (Å²) in [5.74, 6) is 0.510. The maximum Gasteiger partial charge on any atom is 0.272 e. The summed E-state index contributed by atoms with van der Waals surface area (Å²) >= 11 is 4.55. The van der Waals surface area contributed by atoms with Gasteiger partial charge in [-0.2, -0.15) is 0 Å². The molecule has 0 saturated carbocycles. The summed E-state index contributed by atoms with van der Waals surface area (Å²) in [5, 5.41) is 8.06.